The summed E-state index contributed by atoms with van der Waals surface area (Å²) in [6, 6.07) is 8.25. The Morgan fingerprint density at radius 3 is 2.80 bits per heavy atom. The average molecular weight is 222 g/mol. The number of halogens is 1. The van der Waals surface area contributed by atoms with Gasteiger partial charge in [0.2, 0.25) is 0 Å². The molecule has 0 bridgehead atoms. The van der Waals surface area contributed by atoms with Crippen molar-refractivity contribution in [2.24, 2.45) is 0 Å². The number of rotatable bonds is 3. The van der Waals surface area contributed by atoms with Crippen LogP contribution in [0.1, 0.15) is 22.8 Å². The molecule has 0 fully saturated rings. The summed E-state index contributed by atoms with van der Waals surface area (Å²) in [5, 5.41) is 6.88. The van der Waals surface area contributed by atoms with Gasteiger partial charge in [0, 0.05) is 6.42 Å². The van der Waals surface area contributed by atoms with Gasteiger partial charge in [0.1, 0.15) is 5.82 Å². The van der Waals surface area contributed by atoms with Crippen molar-refractivity contribution in [2.45, 2.75) is 19.2 Å². The van der Waals surface area contributed by atoms with Gasteiger partial charge in [-0.15, -0.1) is 11.6 Å². The normalized spacial score (nSPS) is 10.5. The van der Waals surface area contributed by atoms with E-state index in [1.165, 1.54) is 11.1 Å². The minimum Gasteiger partial charge on any atom is -0.263 e. The molecule has 1 N–H and O–H groups in total. The third kappa shape index (κ3) is 2.36. The van der Waals surface area contributed by atoms with Crippen molar-refractivity contribution in [3.05, 3.63) is 47.0 Å². The van der Waals surface area contributed by atoms with Crippen molar-refractivity contribution in [2.75, 3.05) is 0 Å². The molecule has 2 rings (SSSR count). The number of nitrogens with zero attached hydrogens (tertiary/aromatic N) is 2. The van der Waals surface area contributed by atoms with Gasteiger partial charge in [-0.2, -0.15) is 5.10 Å². The molecule has 0 spiro atoms. The zero-order chi connectivity index (χ0) is 10.7. The maximum absolute atomic E-state index is 5.63. The number of H-pyrrole nitrogens is 1. The highest BCUT2D eigenvalue weighted by atomic mass is 35.5. The van der Waals surface area contributed by atoms with Crippen molar-refractivity contribution in [1.82, 2.24) is 15.2 Å². The highest BCUT2D eigenvalue weighted by Crippen LogP contribution is 2.11. The van der Waals surface area contributed by atoms with Crippen LogP contribution >= 0.6 is 11.6 Å². The molecule has 2 aromatic rings. The molecule has 1 aromatic carbocycles. The van der Waals surface area contributed by atoms with E-state index >= 15 is 0 Å². The predicted octanol–water partition coefficient (Wildman–Crippen LogP) is 2.44. The van der Waals surface area contributed by atoms with E-state index in [4.69, 9.17) is 11.6 Å². The van der Waals surface area contributed by atoms with Gasteiger partial charge in [-0.3, -0.25) is 5.10 Å². The van der Waals surface area contributed by atoms with Crippen LogP contribution in [-0.4, -0.2) is 15.2 Å². The van der Waals surface area contributed by atoms with Gasteiger partial charge in [-0.25, -0.2) is 4.98 Å². The fourth-order valence-electron chi connectivity index (χ4n) is 1.46. The van der Waals surface area contributed by atoms with Crippen LogP contribution in [0.4, 0.5) is 0 Å². The number of benzene rings is 1. The van der Waals surface area contributed by atoms with Gasteiger partial charge < -0.3 is 0 Å². The first-order valence-corrected chi connectivity index (χ1v) is 5.33. The minimum atomic E-state index is 0.351. The Morgan fingerprint density at radius 2 is 2.13 bits per heavy atom. The van der Waals surface area contributed by atoms with Crippen LogP contribution in [0.15, 0.2) is 24.3 Å². The monoisotopic (exact) mass is 221 g/mol. The summed E-state index contributed by atoms with van der Waals surface area (Å²) in [5.41, 5.74) is 2.52. The molecular weight excluding hydrogens is 210 g/mol. The van der Waals surface area contributed by atoms with Crippen molar-refractivity contribution in [1.29, 1.82) is 0 Å². The molecule has 78 valence electrons. The van der Waals surface area contributed by atoms with Gasteiger partial charge in [0.25, 0.3) is 0 Å². The molecule has 0 unspecified atom stereocenters. The molecule has 0 aliphatic rings. The quantitative estimate of drug-likeness (QED) is 0.809. The number of nitrogens with one attached hydrogen (secondary N) is 1. The van der Waals surface area contributed by atoms with Gasteiger partial charge in [0.05, 0.1) is 5.88 Å². The van der Waals surface area contributed by atoms with Crippen LogP contribution in [-0.2, 0) is 12.3 Å². The van der Waals surface area contributed by atoms with E-state index in [9.17, 15) is 0 Å². The second kappa shape index (κ2) is 4.45. The molecule has 0 amide bonds. The highest BCUT2D eigenvalue weighted by molar-refractivity contribution is 6.16. The van der Waals surface area contributed by atoms with Gasteiger partial charge in [-0.05, 0) is 18.1 Å². The summed E-state index contributed by atoms with van der Waals surface area (Å²) in [5.74, 6) is 1.87. The van der Waals surface area contributed by atoms with Crippen LogP contribution in [0.3, 0.4) is 0 Å². The molecule has 0 aliphatic carbocycles. The third-order valence-corrected chi connectivity index (χ3v) is 2.56. The minimum absolute atomic E-state index is 0.351. The lowest BCUT2D eigenvalue weighted by atomic mass is 10.1. The fraction of sp³-hybridized carbons (Fsp3) is 0.273. The summed E-state index contributed by atoms with van der Waals surface area (Å²) < 4.78 is 0. The van der Waals surface area contributed by atoms with Crippen LogP contribution in [0.5, 0.6) is 0 Å². The predicted molar refractivity (Wildman–Crippen MR) is 59.9 cm³/mol. The number of hydrogen-bond donors (Lipinski definition) is 1. The van der Waals surface area contributed by atoms with Crippen molar-refractivity contribution >= 4 is 11.6 Å². The van der Waals surface area contributed by atoms with E-state index in [1.54, 1.807) is 0 Å². The smallest absolute Gasteiger partial charge is 0.165 e. The van der Waals surface area contributed by atoms with E-state index in [2.05, 4.69) is 34.2 Å². The Labute approximate surface area is 93.5 Å². The Balaban J connectivity index is 2.18. The molecule has 0 radical (unpaired) electrons. The van der Waals surface area contributed by atoms with E-state index in [1.807, 2.05) is 12.1 Å². The van der Waals surface area contributed by atoms with E-state index < -0.39 is 0 Å². The zero-order valence-electron chi connectivity index (χ0n) is 8.50. The Hall–Kier alpha value is -1.35. The van der Waals surface area contributed by atoms with E-state index in [0.717, 1.165) is 12.2 Å². The fourth-order valence-corrected chi connectivity index (χ4v) is 1.58. The molecule has 0 saturated carbocycles. The number of aromatic nitrogens is 3. The summed E-state index contributed by atoms with van der Waals surface area (Å²) in [7, 11) is 0. The Morgan fingerprint density at radius 1 is 1.33 bits per heavy atom. The second-order valence-corrected chi connectivity index (χ2v) is 3.70. The molecule has 3 nitrogen and oxygen atoms in total. The lowest BCUT2D eigenvalue weighted by Crippen LogP contribution is -1.93. The highest BCUT2D eigenvalue weighted by Gasteiger charge is 2.04. The molecular formula is C11H12ClN3. The first kappa shape index (κ1) is 10.2. The van der Waals surface area contributed by atoms with Gasteiger partial charge in [0.15, 0.2) is 5.82 Å². The Kier molecular flexibility index (Phi) is 3.02. The van der Waals surface area contributed by atoms with Crippen molar-refractivity contribution in [3.63, 3.8) is 0 Å². The van der Waals surface area contributed by atoms with Crippen molar-refractivity contribution < 1.29 is 0 Å². The van der Waals surface area contributed by atoms with E-state index in [0.29, 0.717) is 11.7 Å². The largest absolute Gasteiger partial charge is 0.263 e. The van der Waals surface area contributed by atoms with Crippen molar-refractivity contribution in [3.8, 4) is 0 Å². The lowest BCUT2D eigenvalue weighted by Gasteiger charge is -2.01. The van der Waals surface area contributed by atoms with Gasteiger partial charge in [-0.1, -0.05) is 24.3 Å². The third-order valence-electron chi connectivity index (χ3n) is 2.32. The number of aromatic amines is 1. The molecule has 0 aliphatic heterocycles. The first-order chi connectivity index (χ1) is 7.29. The molecule has 0 saturated heterocycles. The summed E-state index contributed by atoms with van der Waals surface area (Å²) >= 11 is 5.63. The molecule has 4 heteroatoms. The standard InChI is InChI=1S/C11H12ClN3/c1-8-4-2-3-5-9(8)6-10-13-11(7-12)15-14-10/h2-5H,6-7H2,1H3,(H,13,14,15). The maximum atomic E-state index is 5.63. The maximum Gasteiger partial charge on any atom is 0.165 e. The average Bonchev–Trinajstić information content (AvgIpc) is 2.69. The second-order valence-electron chi connectivity index (χ2n) is 3.44. The van der Waals surface area contributed by atoms with Gasteiger partial charge >= 0.3 is 0 Å². The first-order valence-electron chi connectivity index (χ1n) is 4.80. The zero-order valence-corrected chi connectivity index (χ0v) is 9.25. The van der Waals surface area contributed by atoms with Crippen LogP contribution < -0.4 is 0 Å². The number of aryl methyl sites for hydroxylation is 1. The van der Waals surface area contributed by atoms with Crippen LogP contribution in [0.2, 0.25) is 0 Å². The lowest BCUT2D eigenvalue weighted by molar-refractivity contribution is 0.963. The summed E-state index contributed by atoms with van der Waals surface area (Å²) in [4.78, 5) is 4.27. The molecule has 15 heavy (non-hydrogen) atoms. The summed E-state index contributed by atoms with van der Waals surface area (Å²) in [6.45, 7) is 2.09. The van der Waals surface area contributed by atoms with Crippen LogP contribution in [0, 0.1) is 6.92 Å². The number of alkyl halides is 1. The molecule has 1 heterocycles. The topological polar surface area (TPSA) is 41.6 Å². The summed E-state index contributed by atoms with van der Waals surface area (Å²) in [6.07, 6.45) is 0.774. The molecule has 1 aromatic heterocycles. The van der Waals surface area contributed by atoms with E-state index in [-0.39, 0.29) is 0 Å². The Bertz CT molecular complexity index is 451. The van der Waals surface area contributed by atoms with Crippen LogP contribution in [0.25, 0.3) is 0 Å². The molecule has 0 atom stereocenters. The number of hydrogen-bond acceptors (Lipinski definition) is 2. The SMILES string of the molecule is Cc1ccccc1Cc1nc(CCl)n[nH]1.